The van der Waals surface area contributed by atoms with Crippen LogP contribution < -0.4 is 14.3 Å². The minimum absolute atomic E-state index is 0.0303. The molecule has 13 heteroatoms. The topological polar surface area (TPSA) is 128 Å². The van der Waals surface area contributed by atoms with Gasteiger partial charge in [0.15, 0.2) is 5.65 Å². The van der Waals surface area contributed by atoms with Crippen LogP contribution >= 0.6 is 0 Å². The number of pyridine rings is 1. The third-order valence-corrected chi connectivity index (χ3v) is 9.67. The number of halogens is 1. The van der Waals surface area contributed by atoms with Gasteiger partial charge in [0.05, 0.1) is 22.5 Å². The lowest BCUT2D eigenvalue weighted by Gasteiger charge is -2.34. The lowest BCUT2D eigenvalue weighted by Crippen LogP contribution is -2.47. The Kier molecular flexibility index (Phi) is 8.44. The van der Waals surface area contributed by atoms with Crippen molar-refractivity contribution in [2.24, 2.45) is 5.92 Å². The number of rotatable bonds is 9. The zero-order valence-electron chi connectivity index (χ0n) is 23.7. The first kappa shape index (κ1) is 29.0. The average molecular weight is 601 g/mol. The molecule has 3 fully saturated rings. The number of hydrogen-bond acceptors (Lipinski definition) is 8. The summed E-state index contributed by atoms with van der Waals surface area (Å²) in [4.78, 5) is 20.4. The lowest BCUT2D eigenvalue weighted by molar-refractivity contribution is 0.0830. The molecule has 1 amide bonds. The van der Waals surface area contributed by atoms with Gasteiger partial charge in [0.25, 0.3) is 5.91 Å². The fourth-order valence-electron chi connectivity index (χ4n) is 6.03. The molecule has 0 atom stereocenters. The quantitative estimate of drug-likeness (QED) is 0.383. The van der Waals surface area contributed by atoms with Gasteiger partial charge in [-0.3, -0.25) is 4.79 Å². The SMILES string of the molecule is COCC1CCN(c2cc(C(=O)NS(=O)(=O)NC3CCOCC3)nc3c2c(C2CCC2)nn3-c2ccc(F)cc2)CC1. The van der Waals surface area contributed by atoms with Gasteiger partial charge in [-0.1, -0.05) is 6.42 Å². The number of methoxy groups -OCH3 is 1. The van der Waals surface area contributed by atoms with E-state index in [2.05, 4.69) is 14.3 Å². The Balaban J connectivity index is 1.41. The Labute approximate surface area is 244 Å². The summed E-state index contributed by atoms with van der Waals surface area (Å²) >= 11 is 0. The molecule has 3 aromatic rings. The monoisotopic (exact) mass is 600 g/mol. The number of nitrogens with zero attached hydrogens (tertiary/aromatic N) is 4. The van der Waals surface area contributed by atoms with Crippen LogP contribution in [0.25, 0.3) is 16.7 Å². The van der Waals surface area contributed by atoms with Gasteiger partial charge < -0.3 is 14.4 Å². The molecule has 2 N–H and O–H groups in total. The second-order valence-corrected chi connectivity index (χ2v) is 12.9. The number of ether oxygens (including phenoxy) is 2. The Morgan fingerprint density at radius 2 is 1.81 bits per heavy atom. The summed E-state index contributed by atoms with van der Waals surface area (Å²) in [5.41, 5.74) is 2.74. The minimum atomic E-state index is -4.14. The van der Waals surface area contributed by atoms with E-state index in [0.717, 1.165) is 62.0 Å². The maximum absolute atomic E-state index is 13.8. The van der Waals surface area contributed by atoms with Crippen molar-refractivity contribution >= 4 is 32.8 Å². The molecular weight excluding hydrogens is 563 g/mol. The predicted molar refractivity (Wildman–Crippen MR) is 156 cm³/mol. The second-order valence-electron chi connectivity index (χ2n) is 11.5. The highest BCUT2D eigenvalue weighted by molar-refractivity contribution is 7.88. The number of carbonyl (C=O) groups excluding carboxylic acids is 1. The number of benzene rings is 1. The largest absolute Gasteiger partial charge is 0.384 e. The molecule has 0 radical (unpaired) electrons. The number of piperidine rings is 1. The number of fused-ring (bicyclic) bond motifs is 1. The van der Waals surface area contributed by atoms with Crippen LogP contribution in [0.2, 0.25) is 0 Å². The fourth-order valence-corrected chi connectivity index (χ4v) is 7.12. The van der Waals surface area contributed by atoms with Crippen molar-refractivity contribution in [1.29, 1.82) is 0 Å². The number of aromatic nitrogens is 3. The van der Waals surface area contributed by atoms with Crippen LogP contribution in [0, 0.1) is 11.7 Å². The Morgan fingerprint density at radius 1 is 1.10 bits per heavy atom. The van der Waals surface area contributed by atoms with Crippen LogP contribution in [-0.2, 0) is 19.7 Å². The van der Waals surface area contributed by atoms with Gasteiger partial charge in [0, 0.05) is 52.0 Å². The van der Waals surface area contributed by atoms with E-state index in [4.69, 9.17) is 19.6 Å². The highest BCUT2D eigenvalue weighted by Crippen LogP contribution is 2.43. The molecule has 1 saturated carbocycles. The van der Waals surface area contributed by atoms with Crippen LogP contribution in [0.4, 0.5) is 10.1 Å². The first-order chi connectivity index (χ1) is 20.3. The molecule has 6 rings (SSSR count). The van der Waals surface area contributed by atoms with Gasteiger partial charge in [-0.05, 0) is 74.8 Å². The molecule has 1 aliphatic carbocycles. The highest BCUT2D eigenvalue weighted by atomic mass is 32.2. The average Bonchev–Trinajstić information content (AvgIpc) is 3.31. The normalized spacial score (nSPS) is 19.2. The first-order valence-corrected chi connectivity index (χ1v) is 16.2. The number of carbonyl (C=O) groups is 1. The Hall–Kier alpha value is -3.13. The molecule has 3 aliphatic rings. The number of anilines is 1. The smallest absolute Gasteiger partial charge is 0.301 e. The van der Waals surface area contributed by atoms with Crippen LogP contribution in [-0.4, -0.2) is 75.2 Å². The van der Waals surface area contributed by atoms with Gasteiger partial charge in [0.2, 0.25) is 0 Å². The van der Waals surface area contributed by atoms with E-state index in [1.54, 1.807) is 30.0 Å². The van der Waals surface area contributed by atoms with E-state index in [1.165, 1.54) is 12.1 Å². The summed E-state index contributed by atoms with van der Waals surface area (Å²) in [6.07, 6.45) is 6.03. The third-order valence-electron chi connectivity index (χ3n) is 8.57. The zero-order valence-corrected chi connectivity index (χ0v) is 24.5. The van der Waals surface area contributed by atoms with Crippen LogP contribution in [0.5, 0.6) is 0 Å². The molecule has 226 valence electrons. The van der Waals surface area contributed by atoms with E-state index < -0.39 is 16.1 Å². The van der Waals surface area contributed by atoms with Crippen molar-refractivity contribution in [1.82, 2.24) is 24.2 Å². The Bertz CT molecular complexity index is 1530. The molecule has 0 spiro atoms. The molecule has 2 aliphatic heterocycles. The number of nitrogens with one attached hydrogen (secondary N) is 2. The third kappa shape index (κ3) is 6.14. The van der Waals surface area contributed by atoms with Crippen molar-refractivity contribution < 1.29 is 27.1 Å². The van der Waals surface area contributed by atoms with E-state index >= 15 is 0 Å². The fraction of sp³-hybridized carbons (Fsp3) is 0.552. The van der Waals surface area contributed by atoms with Crippen LogP contribution in [0.1, 0.15) is 67.0 Å². The predicted octanol–water partition coefficient (Wildman–Crippen LogP) is 3.43. The summed E-state index contributed by atoms with van der Waals surface area (Å²) in [6.45, 7) is 3.12. The second kappa shape index (κ2) is 12.2. The standard InChI is InChI=1S/C29H37FN6O5S/c1-40-18-19-9-13-35(14-10-19)25-17-24(29(37)34-42(38,39)33-22-11-15-41-16-12-22)31-28-26(25)27(20-3-2-4-20)32-36(28)23-7-5-21(30)6-8-23/h5-8,17,19-20,22,33H,2-4,9-16,18H2,1H3,(H,34,37). The molecule has 2 saturated heterocycles. The van der Waals surface area contributed by atoms with E-state index in [-0.39, 0.29) is 23.5 Å². The molecule has 4 heterocycles. The van der Waals surface area contributed by atoms with Gasteiger partial charge in [-0.15, -0.1) is 0 Å². The molecular formula is C29H37FN6O5S. The molecule has 42 heavy (non-hydrogen) atoms. The summed E-state index contributed by atoms with van der Waals surface area (Å²) in [7, 11) is -2.43. The molecule has 11 nitrogen and oxygen atoms in total. The molecule has 0 bridgehead atoms. The van der Waals surface area contributed by atoms with E-state index in [1.807, 2.05) is 0 Å². The number of hydrogen-bond donors (Lipinski definition) is 2. The van der Waals surface area contributed by atoms with Crippen LogP contribution in [0.15, 0.2) is 30.3 Å². The first-order valence-electron chi connectivity index (χ1n) is 14.7. The number of amides is 1. The molecule has 2 aromatic heterocycles. The van der Waals surface area contributed by atoms with E-state index in [9.17, 15) is 17.6 Å². The van der Waals surface area contributed by atoms with Gasteiger partial charge >= 0.3 is 10.2 Å². The highest BCUT2D eigenvalue weighted by Gasteiger charge is 2.32. The van der Waals surface area contributed by atoms with Crippen molar-refractivity contribution in [3.8, 4) is 5.69 Å². The summed E-state index contributed by atoms with van der Waals surface area (Å²) in [5.74, 6) is -0.501. The zero-order chi connectivity index (χ0) is 29.3. The van der Waals surface area contributed by atoms with E-state index in [0.29, 0.717) is 49.9 Å². The molecule has 0 unspecified atom stereocenters. The lowest BCUT2D eigenvalue weighted by atomic mass is 9.82. The van der Waals surface area contributed by atoms with Gasteiger partial charge in [-0.25, -0.2) is 18.8 Å². The van der Waals surface area contributed by atoms with Crippen molar-refractivity contribution in [2.75, 3.05) is 44.9 Å². The maximum atomic E-state index is 13.8. The van der Waals surface area contributed by atoms with Crippen LogP contribution in [0.3, 0.4) is 0 Å². The summed E-state index contributed by atoms with van der Waals surface area (Å²) in [6, 6.07) is 7.35. The maximum Gasteiger partial charge on any atom is 0.301 e. The minimum Gasteiger partial charge on any atom is -0.384 e. The summed E-state index contributed by atoms with van der Waals surface area (Å²) < 4.78 is 56.7. The molecule has 1 aromatic carbocycles. The van der Waals surface area contributed by atoms with Crippen molar-refractivity contribution in [2.45, 2.75) is 56.9 Å². The van der Waals surface area contributed by atoms with Gasteiger partial charge in [0.1, 0.15) is 11.5 Å². The van der Waals surface area contributed by atoms with Crippen molar-refractivity contribution in [3.05, 3.63) is 47.5 Å². The summed E-state index contributed by atoms with van der Waals surface area (Å²) in [5, 5.41) is 5.83. The Morgan fingerprint density at radius 3 is 2.45 bits per heavy atom. The van der Waals surface area contributed by atoms with Crippen molar-refractivity contribution in [3.63, 3.8) is 0 Å². The van der Waals surface area contributed by atoms with Gasteiger partial charge in [-0.2, -0.15) is 18.2 Å².